The number of ether oxygens (including phenoxy) is 1. The van der Waals surface area contributed by atoms with Crippen LogP contribution in [0.2, 0.25) is 0 Å². The van der Waals surface area contributed by atoms with Crippen LogP contribution in [0, 0.1) is 0 Å². The second kappa shape index (κ2) is 10.1. The number of alkyl carbamates (subject to hydrolysis) is 1. The van der Waals surface area contributed by atoms with Gasteiger partial charge >= 0.3 is 6.09 Å². The van der Waals surface area contributed by atoms with Gasteiger partial charge in [0.1, 0.15) is 12.1 Å². The number of hydrogen-bond acceptors (Lipinski definition) is 4. The highest BCUT2D eigenvalue weighted by Gasteiger charge is 2.34. The maximum absolute atomic E-state index is 13.2. The fraction of sp³-hybridized carbons (Fsp3) is 0.464. The van der Waals surface area contributed by atoms with Gasteiger partial charge in [-0.3, -0.25) is 9.59 Å². The number of benzene rings is 2. The third kappa shape index (κ3) is 5.84. The number of carbonyl (C=O) groups excluding carboxylic acids is 2. The zero-order chi connectivity index (χ0) is 25.1. The van der Waals surface area contributed by atoms with Gasteiger partial charge in [0.25, 0.3) is 0 Å². The monoisotopic (exact) mass is 477 g/mol. The van der Waals surface area contributed by atoms with Gasteiger partial charge in [-0.05, 0) is 57.9 Å². The fourth-order valence-electron chi connectivity index (χ4n) is 4.99. The van der Waals surface area contributed by atoms with Crippen LogP contribution in [0.15, 0.2) is 53.3 Å². The summed E-state index contributed by atoms with van der Waals surface area (Å²) in [5.74, 6) is -0.168. The van der Waals surface area contributed by atoms with Crippen molar-refractivity contribution in [2.45, 2.75) is 77.0 Å². The molecular weight excluding hydrogens is 442 g/mol. The molecule has 4 rings (SSSR count). The summed E-state index contributed by atoms with van der Waals surface area (Å²) < 4.78 is 7.41. The highest BCUT2D eigenvalue weighted by Crippen LogP contribution is 2.27. The Labute approximate surface area is 205 Å². The van der Waals surface area contributed by atoms with E-state index in [2.05, 4.69) is 10.6 Å². The van der Waals surface area contributed by atoms with Gasteiger partial charge in [-0.15, -0.1) is 0 Å². The molecule has 0 spiro atoms. The first kappa shape index (κ1) is 24.8. The molecule has 0 radical (unpaired) electrons. The van der Waals surface area contributed by atoms with Crippen LogP contribution >= 0.6 is 0 Å². The summed E-state index contributed by atoms with van der Waals surface area (Å²) in [6, 6.07) is 14.7. The van der Waals surface area contributed by atoms with E-state index in [-0.39, 0.29) is 17.9 Å². The Morgan fingerprint density at radius 1 is 0.914 bits per heavy atom. The van der Waals surface area contributed by atoms with Gasteiger partial charge in [-0.1, -0.05) is 49.9 Å². The van der Waals surface area contributed by atoms with Gasteiger partial charge in [0.2, 0.25) is 5.91 Å². The molecule has 1 saturated carbocycles. The predicted octanol–water partition coefficient (Wildman–Crippen LogP) is 4.89. The van der Waals surface area contributed by atoms with Crippen molar-refractivity contribution in [3.8, 4) is 0 Å². The largest absolute Gasteiger partial charge is 0.444 e. The number of pyridine rings is 1. The van der Waals surface area contributed by atoms with Gasteiger partial charge in [0.15, 0.2) is 5.43 Å². The van der Waals surface area contributed by atoms with E-state index in [0.29, 0.717) is 17.3 Å². The smallest absolute Gasteiger partial charge is 0.408 e. The van der Waals surface area contributed by atoms with Crippen molar-refractivity contribution in [2.75, 3.05) is 6.54 Å². The van der Waals surface area contributed by atoms with E-state index < -0.39 is 17.2 Å². The van der Waals surface area contributed by atoms with Crippen molar-refractivity contribution in [1.29, 1.82) is 0 Å². The molecule has 186 valence electrons. The lowest BCUT2D eigenvalue weighted by molar-refractivity contribution is -0.121. The van der Waals surface area contributed by atoms with Gasteiger partial charge in [0, 0.05) is 17.3 Å². The van der Waals surface area contributed by atoms with Crippen molar-refractivity contribution in [3.05, 3.63) is 58.8 Å². The summed E-state index contributed by atoms with van der Waals surface area (Å²) in [4.78, 5) is 38.8. The number of carbonyl (C=O) groups is 2. The second-order valence-corrected chi connectivity index (χ2v) is 10.5. The van der Waals surface area contributed by atoms with E-state index in [1.165, 1.54) is 0 Å². The lowest BCUT2D eigenvalue weighted by Gasteiger charge is -2.35. The van der Waals surface area contributed by atoms with Crippen LogP contribution in [0.25, 0.3) is 21.8 Å². The van der Waals surface area contributed by atoms with E-state index in [9.17, 15) is 14.4 Å². The molecule has 3 aromatic rings. The topological polar surface area (TPSA) is 89.4 Å². The highest BCUT2D eigenvalue weighted by atomic mass is 16.6. The molecule has 1 aliphatic carbocycles. The van der Waals surface area contributed by atoms with E-state index in [4.69, 9.17) is 4.74 Å². The number of hydrogen-bond donors (Lipinski definition) is 2. The molecular formula is C28H35N3O4. The summed E-state index contributed by atoms with van der Waals surface area (Å²) in [6.45, 7) is 5.93. The second-order valence-electron chi connectivity index (χ2n) is 10.5. The van der Waals surface area contributed by atoms with Crippen molar-refractivity contribution >= 4 is 33.8 Å². The molecule has 1 aromatic heterocycles. The molecule has 0 bridgehead atoms. The highest BCUT2D eigenvalue weighted by molar-refractivity contribution is 5.94. The Kier molecular flexibility index (Phi) is 7.15. The summed E-state index contributed by atoms with van der Waals surface area (Å²) in [5.41, 5.74) is 0.283. The molecule has 2 N–H and O–H groups in total. The van der Waals surface area contributed by atoms with Crippen molar-refractivity contribution in [3.63, 3.8) is 0 Å². The van der Waals surface area contributed by atoms with Crippen LogP contribution in [0.4, 0.5) is 4.79 Å². The molecule has 1 heterocycles. The standard InChI is InChI=1S/C28H35N3O4/c1-27(2,3)35-26(34)30-28(16-10-4-5-11-17-28)19-29-24(32)18-31-22-14-8-6-12-20(22)25(33)21-13-7-9-15-23(21)31/h6-9,12-15H,4-5,10-11,16-19H2,1-3H3,(H,29,32)(H,30,34). The first-order valence-electron chi connectivity index (χ1n) is 12.5. The van der Waals surface area contributed by atoms with Crippen LogP contribution in [0.1, 0.15) is 59.3 Å². The average Bonchev–Trinajstić information content (AvgIpc) is 3.05. The summed E-state index contributed by atoms with van der Waals surface area (Å²) in [6.07, 6.45) is 5.32. The Balaban J connectivity index is 1.57. The number of para-hydroxylation sites is 2. The summed E-state index contributed by atoms with van der Waals surface area (Å²) in [5, 5.41) is 7.34. The van der Waals surface area contributed by atoms with E-state index in [1.54, 1.807) is 12.1 Å². The number of rotatable bonds is 5. The molecule has 2 aromatic carbocycles. The quantitative estimate of drug-likeness (QED) is 0.405. The number of nitrogens with one attached hydrogen (secondary N) is 2. The van der Waals surface area contributed by atoms with Crippen LogP contribution in [-0.2, 0) is 16.1 Å². The molecule has 1 fully saturated rings. The zero-order valence-corrected chi connectivity index (χ0v) is 20.9. The van der Waals surface area contributed by atoms with Crippen LogP contribution in [0.3, 0.4) is 0 Å². The Morgan fingerprint density at radius 3 is 2.00 bits per heavy atom. The van der Waals surface area contributed by atoms with E-state index in [1.807, 2.05) is 61.7 Å². The first-order chi connectivity index (χ1) is 16.7. The minimum absolute atomic E-state index is 0.0353. The fourth-order valence-corrected chi connectivity index (χ4v) is 4.99. The Morgan fingerprint density at radius 2 is 1.46 bits per heavy atom. The third-order valence-electron chi connectivity index (χ3n) is 6.63. The third-order valence-corrected chi connectivity index (χ3v) is 6.63. The van der Waals surface area contributed by atoms with Crippen molar-refractivity contribution < 1.29 is 14.3 Å². The molecule has 7 heteroatoms. The molecule has 35 heavy (non-hydrogen) atoms. The summed E-state index contributed by atoms with van der Waals surface area (Å²) in [7, 11) is 0. The van der Waals surface area contributed by atoms with Gasteiger partial charge in [-0.25, -0.2) is 4.79 Å². The predicted molar refractivity (Wildman–Crippen MR) is 139 cm³/mol. The van der Waals surface area contributed by atoms with Gasteiger partial charge in [-0.2, -0.15) is 0 Å². The number of fused-ring (bicyclic) bond motifs is 2. The minimum Gasteiger partial charge on any atom is -0.444 e. The summed E-state index contributed by atoms with van der Waals surface area (Å²) >= 11 is 0. The van der Waals surface area contributed by atoms with E-state index in [0.717, 1.165) is 49.6 Å². The SMILES string of the molecule is CC(C)(C)OC(=O)NC1(CNC(=O)Cn2c3ccccc3c(=O)c3ccccc32)CCCCCC1. The molecule has 1 aliphatic rings. The number of amides is 2. The molecule has 0 unspecified atom stereocenters. The average molecular weight is 478 g/mol. The number of aromatic nitrogens is 1. The van der Waals surface area contributed by atoms with Gasteiger partial charge < -0.3 is 19.9 Å². The Hall–Kier alpha value is -3.35. The van der Waals surface area contributed by atoms with Crippen LogP contribution in [0.5, 0.6) is 0 Å². The molecule has 7 nitrogen and oxygen atoms in total. The first-order valence-corrected chi connectivity index (χ1v) is 12.5. The van der Waals surface area contributed by atoms with E-state index >= 15 is 0 Å². The lowest BCUT2D eigenvalue weighted by Crippen LogP contribution is -2.56. The Bertz CT molecular complexity index is 1220. The molecule has 0 atom stereocenters. The maximum atomic E-state index is 13.2. The van der Waals surface area contributed by atoms with Crippen LogP contribution < -0.4 is 16.1 Å². The molecule has 2 amide bonds. The molecule has 0 aliphatic heterocycles. The van der Waals surface area contributed by atoms with Crippen LogP contribution in [-0.4, -0.2) is 34.3 Å². The maximum Gasteiger partial charge on any atom is 0.408 e. The lowest BCUT2D eigenvalue weighted by atomic mass is 9.90. The number of nitrogens with zero attached hydrogens (tertiary/aromatic N) is 1. The zero-order valence-electron chi connectivity index (χ0n) is 20.9. The van der Waals surface area contributed by atoms with Gasteiger partial charge in [0.05, 0.1) is 16.6 Å². The van der Waals surface area contributed by atoms with Crippen molar-refractivity contribution in [1.82, 2.24) is 15.2 Å². The normalized spacial score (nSPS) is 16.0. The molecule has 0 saturated heterocycles. The minimum atomic E-state index is -0.592. The van der Waals surface area contributed by atoms with Crippen molar-refractivity contribution in [2.24, 2.45) is 0 Å².